The molecule has 1 heterocycles. The van der Waals surface area contributed by atoms with E-state index in [1.807, 2.05) is 36.4 Å². The van der Waals surface area contributed by atoms with E-state index in [1.54, 1.807) is 0 Å². The quantitative estimate of drug-likeness (QED) is 0.130. The standard InChI is InChI=1S/C33H42N2O2.ClH/c1-32(2,3)27-19-17-26(18-20-27)31(34-37)16-10-11-23-35-24-21-30(22-25-35)33(36,28-12-6-4-7-13-28)29-14-8-5-9-15-29;/h4-9,12-15,17-20,30,36-37H,10-11,16,21-25H2,1-3H3;1H. The molecule has 0 spiro atoms. The zero-order chi connectivity index (χ0) is 26.3. The average Bonchev–Trinajstić information content (AvgIpc) is 2.93. The molecule has 4 nitrogen and oxygen atoms in total. The first-order valence-corrected chi connectivity index (χ1v) is 13.7. The number of aliphatic hydroxyl groups is 1. The number of halogens is 1. The van der Waals surface area contributed by atoms with Crippen molar-refractivity contribution in [2.75, 3.05) is 19.6 Å². The van der Waals surface area contributed by atoms with Crippen LogP contribution in [0.25, 0.3) is 0 Å². The van der Waals surface area contributed by atoms with Gasteiger partial charge in [-0.25, -0.2) is 0 Å². The summed E-state index contributed by atoms with van der Waals surface area (Å²) in [6, 6.07) is 28.7. The molecule has 5 heteroatoms. The summed E-state index contributed by atoms with van der Waals surface area (Å²) in [5, 5.41) is 25.3. The zero-order valence-electron chi connectivity index (χ0n) is 23.0. The van der Waals surface area contributed by atoms with E-state index in [-0.39, 0.29) is 23.7 Å². The Balaban J connectivity index is 0.00000400. The molecule has 0 saturated carbocycles. The Morgan fingerprint density at radius 1 is 0.789 bits per heavy atom. The lowest BCUT2D eigenvalue weighted by Crippen LogP contribution is -2.44. The summed E-state index contributed by atoms with van der Waals surface area (Å²) in [7, 11) is 0. The van der Waals surface area contributed by atoms with E-state index in [1.165, 1.54) is 5.56 Å². The second kappa shape index (κ2) is 13.4. The summed E-state index contributed by atoms with van der Waals surface area (Å²) in [5.74, 6) is 0.178. The number of benzene rings is 3. The summed E-state index contributed by atoms with van der Waals surface area (Å²) in [6.07, 6.45) is 4.74. The summed E-state index contributed by atoms with van der Waals surface area (Å²) < 4.78 is 0. The van der Waals surface area contributed by atoms with Crippen LogP contribution in [0, 0.1) is 5.92 Å². The molecule has 0 aromatic heterocycles. The average molecular weight is 535 g/mol. The van der Waals surface area contributed by atoms with E-state index in [2.05, 4.69) is 79.4 Å². The van der Waals surface area contributed by atoms with Gasteiger partial charge in [-0.3, -0.25) is 0 Å². The third-order valence-electron chi connectivity index (χ3n) is 7.95. The smallest absolute Gasteiger partial charge is 0.117 e. The Labute approximate surface area is 234 Å². The molecular formula is C33H43ClN2O2. The van der Waals surface area contributed by atoms with Crippen LogP contribution < -0.4 is 0 Å². The number of piperidine rings is 1. The summed E-state index contributed by atoms with van der Waals surface area (Å²) in [6.45, 7) is 9.62. The Morgan fingerprint density at radius 2 is 1.32 bits per heavy atom. The van der Waals surface area contributed by atoms with E-state index in [0.717, 1.165) is 74.1 Å². The van der Waals surface area contributed by atoms with Crippen molar-refractivity contribution in [3.05, 3.63) is 107 Å². The Bertz CT molecular complexity index is 1090. The van der Waals surface area contributed by atoms with Crippen LogP contribution in [0.1, 0.15) is 75.1 Å². The fraction of sp³-hybridized carbons (Fsp3) is 0.424. The SMILES string of the molecule is CC(C)(C)c1ccc(C(CCCCN2CCC(C(O)(c3ccccc3)c3ccccc3)CC2)=NO)cc1.Cl. The predicted octanol–water partition coefficient (Wildman–Crippen LogP) is 7.40. The summed E-state index contributed by atoms with van der Waals surface area (Å²) >= 11 is 0. The molecule has 1 aliphatic rings. The zero-order valence-corrected chi connectivity index (χ0v) is 23.8. The Kier molecular flexibility index (Phi) is 10.6. The van der Waals surface area contributed by atoms with Gasteiger partial charge in [0.2, 0.25) is 0 Å². The molecule has 0 aliphatic carbocycles. The van der Waals surface area contributed by atoms with Gasteiger partial charge < -0.3 is 15.2 Å². The van der Waals surface area contributed by atoms with Crippen LogP contribution in [0.2, 0.25) is 0 Å². The largest absolute Gasteiger partial charge is 0.411 e. The van der Waals surface area contributed by atoms with Gasteiger partial charge in [-0.15, -0.1) is 12.4 Å². The van der Waals surface area contributed by atoms with Crippen molar-refractivity contribution in [1.29, 1.82) is 0 Å². The van der Waals surface area contributed by atoms with E-state index < -0.39 is 5.60 Å². The summed E-state index contributed by atoms with van der Waals surface area (Å²) in [5.41, 5.74) is 4.14. The highest BCUT2D eigenvalue weighted by Crippen LogP contribution is 2.41. The molecule has 3 aromatic carbocycles. The number of likely N-dealkylation sites (tertiary alicyclic amines) is 1. The van der Waals surface area contributed by atoms with Crippen molar-refractivity contribution in [1.82, 2.24) is 4.90 Å². The topological polar surface area (TPSA) is 56.1 Å². The second-order valence-electron chi connectivity index (χ2n) is 11.4. The van der Waals surface area contributed by atoms with Crippen LogP contribution in [0.4, 0.5) is 0 Å². The first-order valence-electron chi connectivity index (χ1n) is 13.7. The normalized spacial score (nSPS) is 15.7. The lowest BCUT2D eigenvalue weighted by atomic mass is 9.72. The van der Waals surface area contributed by atoms with Gasteiger partial charge in [0.1, 0.15) is 5.60 Å². The van der Waals surface area contributed by atoms with Gasteiger partial charge in [0.15, 0.2) is 0 Å². The van der Waals surface area contributed by atoms with Crippen molar-refractivity contribution in [2.45, 2.75) is 63.9 Å². The maximum absolute atomic E-state index is 12.1. The number of unbranched alkanes of at least 4 members (excludes halogenated alkanes) is 1. The first kappa shape index (κ1) is 29.9. The van der Waals surface area contributed by atoms with Crippen molar-refractivity contribution in [2.24, 2.45) is 11.1 Å². The van der Waals surface area contributed by atoms with E-state index in [0.29, 0.717) is 0 Å². The molecule has 4 rings (SSSR count). The number of hydrogen-bond donors (Lipinski definition) is 2. The molecular weight excluding hydrogens is 492 g/mol. The Hall–Kier alpha value is -2.66. The lowest BCUT2D eigenvalue weighted by Gasteiger charge is -2.42. The Morgan fingerprint density at radius 3 is 1.79 bits per heavy atom. The molecule has 1 fully saturated rings. The van der Waals surface area contributed by atoms with Crippen LogP contribution in [0.3, 0.4) is 0 Å². The third kappa shape index (κ3) is 7.05. The van der Waals surface area contributed by atoms with Crippen LogP contribution in [-0.4, -0.2) is 40.6 Å². The monoisotopic (exact) mass is 534 g/mol. The highest BCUT2D eigenvalue weighted by Gasteiger charge is 2.41. The van der Waals surface area contributed by atoms with Crippen molar-refractivity contribution in [3.8, 4) is 0 Å². The van der Waals surface area contributed by atoms with Crippen molar-refractivity contribution < 1.29 is 10.3 Å². The summed E-state index contributed by atoms with van der Waals surface area (Å²) in [4.78, 5) is 2.51. The van der Waals surface area contributed by atoms with Gasteiger partial charge in [0, 0.05) is 0 Å². The van der Waals surface area contributed by atoms with Crippen LogP contribution in [0.5, 0.6) is 0 Å². The molecule has 38 heavy (non-hydrogen) atoms. The molecule has 1 aliphatic heterocycles. The third-order valence-corrected chi connectivity index (χ3v) is 7.95. The van der Waals surface area contributed by atoms with Gasteiger partial charge in [0.25, 0.3) is 0 Å². The maximum Gasteiger partial charge on any atom is 0.117 e. The molecule has 3 aromatic rings. The predicted molar refractivity (Wildman–Crippen MR) is 160 cm³/mol. The molecule has 1 saturated heterocycles. The molecule has 0 amide bonds. The number of nitrogens with zero attached hydrogens (tertiary/aromatic N) is 2. The van der Waals surface area contributed by atoms with Crippen molar-refractivity contribution >= 4 is 18.1 Å². The van der Waals surface area contributed by atoms with Crippen LogP contribution in [0.15, 0.2) is 90.1 Å². The minimum Gasteiger partial charge on any atom is -0.411 e. The fourth-order valence-electron chi connectivity index (χ4n) is 5.64. The minimum atomic E-state index is -0.969. The van der Waals surface area contributed by atoms with Crippen molar-refractivity contribution in [3.63, 3.8) is 0 Å². The first-order chi connectivity index (χ1) is 17.8. The molecule has 204 valence electrons. The maximum atomic E-state index is 12.1. The molecule has 0 atom stereocenters. The molecule has 0 bridgehead atoms. The molecule has 0 radical (unpaired) electrons. The fourth-order valence-corrected chi connectivity index (χ4v) is 5.64. The van der Waals surface area contributed by atoms with Gasteiger partial charge in [-0.2, -0.15) is 0 Å². The molecule has 0 unspecified atom stereocenters. The van der Waals surface area contributed by atoms with Gasteiger partial charge in [0.05, 0.1) is 5.71 Å². The molecule has 2 N–H and O–H groups in total. The minimum absolute atomic E-state index is 0. The van der Waals surface area contributed by atoms with E-state index >= 15 is 0 Å². The van der Waals surface area contributed by atoms with Gasteiger partial charge >= 0.3 is 0 Å². The number of rotatable bonds is 9. The lowest BCUT2D eigenvalue weighted by molar-refractivity contribution is -0.0143. The second-order valence-corrected chi connectivity index (χ2v) is 11.4. The van der Waals surface area contributed by atoms with Crippen LogP contribution in [-0.2, 0) is 11.0 Å². The number of oxime groups is 1. The van der Waals surface area contributed by atoms with E-state index in [4.69, 9.17) is 0 Å². The highest BCUT2D eigenvalue weighted by atomic mass is 35.5. The highest BCUT2D eigenvalue weighted by molar-refractivity contribution is 6.00. The van der Waals surface area contributed by atoms with E-state index in [9.17, 15) is 10.3 Å². The number of hydrogen-bond acceptors (Lipinski definition) is 4. The van der Waals surface area contributed by atoms with Crippen LogP contribution >= 0.6 is 12.4 Å². The van der Waals surface area contributed by atoms with Gasteiger partial charge in [-0.1, -0.05) is 111 Å². The van der Waals surface area contributed by atoms with Gasteiger partial charge in [-0.05, 0) is 85.3 Å².